The van der Waals surface area contributed by atoms with Crippen LogP contribution in [0, 0.1) is 0 Å². The Balaban J connectivity index is -0.0000000754. The fourth-order valence-corrected chi connectivity index (χ4v) is 0.250. The quantitative estimate of drug-likeness (QED) is 0.668. The molecular formula is C8H20OW. The molecular weight excluding hydrogens is 296 g/mol. The standard InChI is InChI=1S/C4H8.C2H6O.C2H6.W/c1-2-4-3-1;1-3-2;1-2;/h1-4H2;1-2H3;1-2H3;. The van der Waals surface area contributed by atoms with Crippen molar-refractivity contribution >= 4 is 0 Å². The third kappa shape index (κ3) is 23.4. The molecule has 1 fully saturated rings. The van der Waals surface area contributed by atoms with Gasteiger partial charge in [-0.15, -0.1) is 0 Å². The molecule has 1 saturated carbocycles. The van der Waals surface area contributed by atoms with E-state index in [-0.39, 0.29) is 21.1 Å². The van der Waals surface area contributed by atoms with Gasteiger partial charge in [0.05, 0.1) is 0 Å². The molecule has 0 radical (unpaired) electrons. The van der Waals surface area contributed by atoms with Gasteiger partial charge in [0, 0.05) is 35.3 Å². The number of hydrogen-bond acceptors (Lipinski definition) is 1. The molecule has 64 valence electrons. The Hall–Kier alpha value is 0.648. The van der Waals surface area contributed by atoms with E-state index < -0.39 is 0 Å². The maximum atomic E-state index is 4.25. The minimum Gasteiger partial charge on any atom is -0.388 e. The van der Waals surface area contributed by atoms with E-state index in [9.17, 15) is 0 Å². The first kappa shape index (κ1) is 16.9. The zero-order valence-electron chi connectivity index (χ0n) is 7.64. The summed E-state index contributed by atoms with van der Waals surface area (Å²) < 4.78 is 4.25. The smallest absolute Gasteiger partial charge is 0.0351 e. The predicted octanol–water partition coefficient (Wildman–Crippen LogP) is 2.85. The van der Waals surface area contributed by atoms with Crippen LogP contribution in [0.5, 0.6) is 0 Å². The van der Waals surface area contributed by atoms with Crippen molar-refractivity contribution in [2.24, 2.45) is 0 Å². The largest absolute Gasteiger partial charge is 0.388 e. The minimum absolute atomic E-state index is 0. The van der Waals surface area contributed by atoms with Crippen LogP contribution < -0.4 is 0 Å². The minimum atomic E-state index is 0. The number of rotatable bonds is 0. The molecule has 0 aliphatic heterocycles. The van der Waals surface area contributed by atoms with Crippen LogP contribution in [0.15, 0.2) is 0 Å². The zero-order valence-corrected chi connectivity index (χ0v) is 10.6. The van der Waals surface area contributed by atoms with E-state index in [1.54, 1.807) is 14.2 Å². The van der Waals surface area contributed by atoms with Crippen molar-refractivity contribution in [3.05, 3.63) is 0 Å². The van der Waals surface area contributed by atoms with Crippen molar-refractivity contribution in [1.82, 2.24) is 0 Å². The van der Waals surface area contributed by atoms with Gasteiger partial charge in [0.1, 0.15) is 0 Å². The second-order valence-electron chi connectivity index (χ2n) is 1.82. The molecule has 0 aromatic heterocycles. The molecule has 0 unspecified atom stereocenters. The molecule has 0 saturated heterocycles. The van der Waals surface area contributed by atoms with Gasteiger partial charge >= 0.3 is 0 Å². The number of ether oxygens (including phenoxy) is 1. The molecule has 2 heteroatoms. The normalized spacial score (nSPS) is 12.0. The maximum Gasteiger partial charge on any atom is 0.0351 e. The van der Waals surface area contributed by atoms with Crippen molar-refractivity contribution in [1.29, 1.82) is 0 Å². The second-order valence-corrected chi connectivity index (χ2v) is 1.82. The van der Waals surface area contributed by atoms with Crippen molar-refractivity contribution in [3.8, 4) is 0 Å². The van der Waals surface area contributed by atoms with Crippen LogP contribution in [0.1, 0.15) is 39.5 Å². The zero-order chi connectivity index (χ0) is 7.54. The van der Waals surface area contributed by atoms with E-state index in [0.29, 0.717) is 0 Å². The first-order chi connectivity index (χ1) is 4.41. The third-order valence-electron chi connectivity index (χ3n) is 1.000. The molecule has 1 aliphatic rings. The Morgan fingerprint density at radius 1 is 0.800 bits per heavy atom. The summed E-state index contributed by atoms with van der Waals surface area (Å²) in [6.07, 6.45) is 6.00. The summed E-state index contributed by atoms with van der Waals surface area (Å²) in [6.45, 7) is 4.00. The van der Waals surface area contributed by atoms with Crippen molar-refractivity contribution < 1.29 is 25.8 Å². The molecule has 0 atom stereocenters. The molecule has 0 aromatic rings. The van der Waals surface area contributed by atoms with Gasteiger partial charge in [0.15, 0.2) is 0 Å². The average Bonchev–Trinajstić information content (AvgIpc) is 1.68. The fraction of sp³-hybridized carbons (Fsp3) is 1.00. The molecule has 0 spiro atoms. The summed E-state index contributed by atoms with van der Waals surface area (Å²) >= 11 is 0. The van der Waals surface area contributed by atoms with Crippen molar-refractivity contribution in [3.63, 3.8) is 0 Å². The molecule has 0 heterocycles. The molecule has 0 N–H and O–H groups in total. The molecule has 1 nitrogen and oxygen atoms in total. The van der Waals surface area contributed by atoms with Crippen molar-refractivity contribution in [2.75, 3.05) is 14.2 Å². The Morgan fingerprint density at radius 3 is 0.900 bits per heavy atom. The van der Waals surface area contributed by atoms with E-state index in [0.717, 1.165) is 0 Å². The van der Waals surface area contributed by atoms with Crippen molar-refractivity contribution in [2.45, 2.75) is 39.5 Å². The van der Waals surface area contributed by atoms with E-state index in [4.69, 9.17) is 0 Å². The van der Waals surface area contributed by atoms with Crippen LogP contribution >= 0.6 is 0 Å². The molecule has 1 aliphatic carbocycles. The van der Waals surface area contributed by atoms with Gasteiger partial charge < -0.3 is 4.74 Å². The van der Waals surface area contributed by atoms with E-state index >= 15 is 0 Å². The first-order valence-corrected chi connectivity index (χ1v) is 3.82. The molecule has 1 rings (SSSR count). The molecule has 10 heavy (non-hydrogen) atoms. The van der Waals surface area contributed by atoms with Crippen LogP contribution in [0.2, 0.25) is 0 Å². The molecule has 0 amide bonds. The van der Waals surface area contributed by atoms with E-state index in [1.807, 2.05) is 13.8 Å². The Bertz CT molecular complexity index is 24.4. The molecule has 0 bridgehead atoms. The van der Waals surface area contributed by atoms with Gasteiger partial charge in [-0.3, -0.25) is 0 Å². The van der Waals surface area contributed by atoms with Gasteiger partial charge in [-0.25, -0.2) is 0 Å². The van der Waals surface area contributed by atoms with Gasteiger partial charge in [0.25, 0.3) is 0 Å². The van der Waals surface area contributed by atoms with E-state index in [2.05, 4.69) is 4.74 Å². The topological polar surface area (TPSA) is 9.23 Å². The SMILES string of the molecule is C1CCC1.CC.COC.[W]. The summed E-state index contributed by atoms with van der Waals surface area (Å²) in [7, 11) is 3.25. The Morgan fingerprint density at radius 2 is 0.900 bits per heavy atom. The van der Waals surface area contributed by atoms with Gasteiger partial charge in [-0.1, -0.05) is 39.5 Å². The summed E-state index contributed by atoms with van der Waals surface area (Å²) in [5, 5.41) is 0. The number of hydrogen-bond donors (Lipinski definition) is 0. The summed E-state index contributed by atoms with van der Waals surface area (Å²) in [5.74, 6) is 0. The third-order valence-corrected chi connectivity index (χ3v) is 1.000. The van der Waals surface area contributed by atoms with Crippen LogP contribution in [0.25, 0.3) is 0 Å². The predicted molar refractivity (Wildman–Crippen MR) is 42.7 cm³/mol. The summed E-state index contributed by atoms with van der Waals surface area (Å²) in [6, 6.07) is 0. The number of methoxy groups -OCH3 is 1. The molecule has 0 aromatic carbocycles. The monoisotopic (exact) mass is 316 g/mol. The Labute approximate surface area is 79.8 Å². The van der Waals surface area contributed by atoms with Gasteiger partial charge in [-0.05, 0) is 0 Å². The summed E-state index contributed by atoms with van der Waals surface area (Å²) in [5.41, 5.74) is 0. The van der Waals surface area contributed by atoms with Gasteiger partial charge in [-0.2, -0.15) is 0 Å². The van der Waals surface area contributed by atoms with Crippen LogP contribution in [0.4, 0.5) is 0 Å². The average molecular weight is 316 g/mol. The van der Waals surface area contributed by atoms with E-state index in [1.165, 1.54) is 25.7 Å². The van der Waals surface area contributed by atoms with Crippen LogP contribution in [-0.2, 0) is 25.8 Å². The fourth-order valence-electron chi connectivity index (χ4n) is 0.250. The maximum absolute atomic E-state index is 4.25. The Kier molecular flexibility index (Phi) is 38.3. The summed E-state index contributed by atoms with van der Waals surface area (Å²) in [4.78, 5) is 0. The first-order valence-electron chi connectivity index (χ1n) is 3.82. The van der Waals surface area contributed by atoms with Crippen LogP contribution in [0.3, 0.4) is 0 Å². The second kappa shape index (κ2) is 22.6. The van der Waals surface area contributed by atoms with Gasteiger partial charge in [0.2, 0.25) is 0 Å². The van der Waals surface area contributed by atoms with Crippen LogP contribution in [-0.4, -0.2) is 14.2 Å².